The van der Waals surface area contributed by atoms with Gasteiger partial charge in [0, 0.05) is 21.8 Å². The number of hydrogen-bond acceptors (Lipinski definition) is 3. The van der Waals surface area contributed by atoms with E-state index < -0.39 is 0 Å². The van der Waals surface area contributed by atoms with Gasteiger partial charge in [-0.3, -0.25) is 0 Å². The van der Waals surface area contributed by atoms with Gasteiger partial charge in [0.15, 0.2) is 5.82 Å². The van der Waals surface area contributed by atoms with Crippen molar-refractivity contribution in [3.05, 3.63) is 39.5 Å². The molecule has 2 N–H and O–H groups in total. The summed E-state index contributed by atoms with van der Waals surface area (Å²) < 4.78 is 1.13. The van der Waals surface area contributed by atoms with Crippen molar-refractivity contribution in [3.63, 3.8) is 0 Å². The smallest absolute Gasteiger partial charge is 0.161 e. The highest BCUT2D eigenvalue weighted by molar-refractivity contribution is 9.10. The molecule has 0 aliphatic heterocycles. The molecule has 0 saturated carbocycles. The molecule has 94 valence electrons. The minimum Gasteiger partial charge on any atom is -0.384 e. The Kier molecular flexibility index (Phi) is 3.66. The zero-order valence-electron chi connectivity index (χ0n) is 10.8. The summed E-state index contributed by atoms with van der Waals surface area (Å²) in [5, 5.41) is 0. The summed E-state index contributed by atoms with van der Waals surface area (Å²) in [6, 6.07) is 5.97. The molecule has 2 aromatic rings. The predicted octanol–water partition coefficient (Wildman–Crippen LogP) is 3.67. The molecule has 0 bridgehead atoms. The van der Waals surface area contributed by atoms with Crippen LogP contribution in [0.5, 0.6) is 0 Å². The molecule has 0 amide bonds. The average molecular weight is 306 g/mol. The topological polar surface area (TPSA) is 51.8 Å². The van der Waals surface area contributed by atoms with Gasteiger partial charge >= 0.3 is 0 Å². The fourth-order valence-corrected chi connectivity index (χ4v) is 2.13. The summed E-state index contributed by atoms with van der Waals surface area (Å²) in [5.41, 5.74) is 10.1. The van der Waals surface area contributed by atoms with Crippen molar-refractivity contribution in [2.75, 3.05) is 5.73 Å². The van der Waals surface area contributed by atoms with E-state index in [0.29, 0.717) is 11.6 Å². The van der Waals surface area contributed by atoms with Crippen LogP contribution in [0.3, 0.4) is 0 Å². The van der Waals surface area contributed by atoms with Crippen LogP contribution < -0.4 is 5.73 Å². The van der Waals surface area contributed by atoms with Gasteiger partial charge in [0.25, 0.3) is 0 Å². The molecular formula is C14H16BrN3. The van der Waals surface area contributed by atoms with E-state index in [0.717, 1.165) is 22.2 Å². The summed E-state index contributed by atoms with van der Waals surface area (Å²) in [7, 11) is 0. The van der Waals surface area contributed by atoms with Crippen LogP contribution in [-0.2, 0) is 6.42 Å². The number of nitrogens with zero attached hydrogens (tertiary/aromatic N) is 2. The van der Waals surface area contributed by atoms with Crippen molar-refractivity contribution in [3.8, 4) is 11.4 Å². The molecule has 0 atom stereocenters. The van der Waals surface area contributed by atoms with E-state index >= 15 is 0 Å². The third kappa shape index (κ3) is 2.53. The monoisotopic (exact) mass is 305 g/mol. The molecule has 4 heteroatoms. The van der Waals surface area contributed by atoms with Gasteiger partial charge in [-0.1, -0.05) is 22.9 Å². The molecule has 1 aromatic carbocycles. The summed E-state index contributed by atoms with van der Waals surface area (Å²) in [6.45, 7) is 6.19. The van der Waals surface area contributed by atoms with Crippen molar-refractivity contribution in [2.45, 2.75) is 27.2 Å². The minimum absolute atomic E-state index is 0.523. The van der Waals surface area contributed by atoms with Crippen LogP contribution in [0.15, 0.2) is 22.7 Å². The third-order valence-corrected chi connectivity index (χ3v) is 4.11. The van der Waals surface area contributed by atoms with E-state index in [1.807, 2.05) is 6.07 Å². The molecule has 3 nitrogen and oxygen atoms in total. The average Bonchev–Trinajstić information content (AvgIpc) is 2.34. The highest BCUT2D eigenvalue weighted by Crippen LogP contribution is 2.27. The molecule has 0 unspecified atom stereocenters. The highest BCUT2D eigenvalue weighted by atomic mass is 79.9. The van der Waals surface area contributed by atoms with Crippen molar-refractivity contribution < 1.29 is 0 Å². The molecule has 1 aromatic heterocycles. The zero-order valence-corrected chi connectivity index (χ0v) is 12.4. The number of hydrogen-bond donors (Lipinski definition) is 1. The molecule has 0 fully saturated rings. The van der Waals surface area contributed by atoms with E-state index in [1.54, 1.807) is 0 Å². The van der Waals surface area contributed by atoms with Crippen LogP contribution in [0.1, 0.15) is 23.7 Å². The molecular weight excluding hydrogens is 290 g/mol. The predicted molar refractivity (Wildman–Crippen MR) is 78.4 cm³/mol. The lowest BCUT2D eigenvalue weighted by Gasteiger charge is -2.08. The molecule has 0 spiro atoms. The van der Waals surface area contributed by atoms with Gasteiger partial charge < -0.3 is 5.73 Å². The maximum atomic E-state index is 5.82. The number of nitrogen functional groups attached to an aromatic ring is 1. The van der Waals surface area contributed by atoms with E-state index in [2.05, 4.69) is 58.8 Å². The standard InChI is InChI=1S/C14H16BrN3/c1-4-11-7-12(16)18-14(17-11)10-5-8(2)13(15)9(3)6-10/h5-7H,4H2,1-3H3,(H2,16,17,18). The number of nitrogens with two attached hydrogens (primary N) is 1. The lowest BCUT2D eigenvalue weighted by atomic mass is 10.1. The van der Waals surface area contributed by atoms with Crippen LogP contribution in [0.2, 0.25) is 0 Å². The van der Waals surface area contributed by atoms with Crippen LogP contribution in [-0.4, -0.2) is 9.97 Å². The first-order valence-electron chi connectivity index (χ1n) is 5.91. The first kappa shape index (κ1) is 13.0. The molecule has 0 saturated heterocycles. The first-order valence-corrected chi connectivity index (χ1v) is 6.71. The Morgan fingerprint density at radius 3 is 2.28 bits per heavy atom. The SMILES string of the molecule is CCc1cc(N)nc(-c2cc(C)c(Br)c(C)c2)n1. The first-order chi connectivity index (χ1) is 8.51. The largest absolute Gasteiger partial charge is 0.384 e. The summed E-state index contributed by atoms with van der Waals surface area (Å²) in [5.74, 6) is 1.22. The number of rotatable bonds is 2. The normalized spacial score (nSPS) is 10.7. The molecule has 0 aliphatic carbocycles. The van der Waals surface area contributed by atoms with Crippen LogP contribution >= 0.6 is 15.9 Å². The maximum absolute atomic E-state index is 5.82. The Balaban J connectivity index is 2.58. The van der Waals surface area contributed by atoms with Crippen molar-refractivity contribution in [2.24, 2.45) is 0 Å². The minimum atomic E-state index is 0.523. The molecule has 0 radical (unpaired) electrons. The molecule has 18 heavy (non-hydrogen) atoms. The fourth-order valence-electron chi connectivity index (χ4n) is 1.90. The van der Waals surface area contributed by atoms with Crippen molar-refractivity contribution in [1.82, 2.24) is 9.97 Å². The Bertz CT molecular complexity index is 571. The van der Waals surface area contributed by atoms with Crippen molar-refractivity contribution in [1.29, 1.82) is 0 Å². The number of benzene rings is 1. The lowest BCUT2D eigenvalue weighted by molar-refractivity contribution is 1.01. The maximum Gasteiger partial charge on any atom is 0.161 e. The number of halogens is 1. The van der Waals surface area contributed by atoms with Gasteiger partial charge in [-0.05, 0) is 43.5 Å². The van der Waals surface area contributed by atoms with Crippen LogP contribution in [0.4, 0.5) is 5.82 Å². The van der Waals surface area contributed by atoms with Gasteiger partial charge in [0.05, 0.1) is 0 Å². The van der Waals surface area contributed by atoms with Gasteiger partial charge in [-0.15, -0.1) is 0 Å². The Morgan fingerprint density at radius 2 is 1.72 bits per heavy atom. The third-order valence-electron chi connectivity index (χ3n) is 2.86. The van der Waals surface area contributed by atoms with E-state index in [-0.39, 0.29) is 0 Å². The fraction of sp³-hybridized carbons (Fsp3) is 0.286. The second-order valence-corrected chi connectivity index (χ2v) is 5.18. The molecule has 0 aliphatic rings. The Labute approximate surface area is 116 Å². The number of aryl methyl sites for hydroxylation is 3. The van der Waals surface area contributed by atoms with Crippen LogP contribution in [0.25, 0.3) is 11.4 Å². The second kappa shape index (κ2) is 5.06. The number of aromatic nitrogens is 2. The zero-order chi connectivity index (χ0) is 13.3. The molecule has 2 rings (SSSR count). The lowest BCUT2D eigenvalue weighted by Crippen LogP contribution is -2.00. The second-order valence-electron chi connectivity index (χ2n) is 4.39. The van der Waals surface area contributed by atoms with Gasteiger partial charge in [-0.25, -0.2) is 9.97 Å². The Morgan fingerprint density at radius 1 is 1.11 bits per heavy atom. The molecule has 1 heterocycles. The van der Waals surface area contributed by atoms with E-state index in [9.17, 15) is 0 Å². The van der Waals surface area contributed by atoms with E-state index in [4.69, 9.17) is 5.73 Å². The quantitative estimate of drug-likeness (QED) is 0.921. The van der Waals surface area contributed by atoms with Gasteiger partial charge in [-0.2, -0.15) is 0 Å². The van der Waals surface area contributed by atoms with Gasteiger partial charge in [0.2, 0.25) is 0 Å². The van der Waals surface area contributed by atoms with Gasteiger partial charge in [0.1, 0.15) is 5.82 Å². The Hall–Kier alpha value is -1.42. The van der Waals surface area contributed by atoms with Crippen LogP contribution in [0, 0.1) is 13.8 Å². The number of anilines is 1. The van der Waals surface area contributed by atoms with Crippen molar-refractivity contribution >= 4 is 21.7 Å². The summed E-state index contributed by atoms with van der Waals surface area (Å²) in [6.07, 6.45) is 0.855. The summed E-state index contributed by atoms with van der Waals surface area (Å²) in [4.78, 5) is 8.84. The summed E-state index contributed by atoms with van der Waals surface area (Å²) >= 11 is 3.56. The highest BCUT2D eigenvalue weighted by Gasteiger charge is 2.08. The van der Waals surface area contributed by atoms with E-state index in [1.165, 1.54) is 11.1 Å².